The van der Waals surface area contributed by atoms with Crippen molar-refractivity contribution in [2.75, 3.05) is 0 Å². The number of fused-ring (bicyclic) bond motifs is 3. The van der Waals surface area contributed by atoms with Crippen LogP contribution in [0.3, 0.4) is 0 Å². The second kappa shape index (κ2) is 7.20. The Morgan fingerprint density at radius 2 is 1.79 bits per heavy atom. The second-order valence-corrected chi connectivity index (χ2v) is 6.05. The Morgan fingerprint density at radius 1 is 1.04 bits per heavy atom. The van der Waals surface area contributed by atoms with E-state index in [1.165, 1.54) is 0 Å². The lowest BCUT2D eigenvalue weighted by molar-refractivity contribution is 0.669. The van der Waals surface area contributed by atoms with Crippen molar-refractivity contribution >= 4 is 56.1 Å². The minimum Gasteiger partial charge on any atom is -0.456 e. The van der Waals surface area contributed by atoms with Gasteiger partial charge < -0.3 is 4.42 Å². The molecule has 24 heavy (non-hydrogen) atoms. The van der Waals surface area contributed by atoms with E-state index in [1.807, 2.05) is 56.3 Å². The second-order valence-electron chi connectivity index (χ2n) is 5.32. The summed E-state index contributed by atoms with van der Waals surface area (Å²) in [5.74, 6) is 0. The first kappa shape index (κ1) is 16.7. The highest BCUT2D eigenvalue weighted by Gasteiger charge is 2.08. The summed E-state index contributed by atoms with van der Waals surface area (Å²) in [6, 6.07) is 14.0. The minimum atomic E-state index is 0.104. The fourth-order valence-corrected chi connectivity index (χ4v) is 2.98. The van der Waals surface area contributed by atoms with Gasteiger partial charge in [-0.1, -0.05) is 42.8 Å². The zero-order valence-corrected chi connectivity index (χ0v) is 14.9. The Bertz CT molecular complexity index is 983. The number of aliphatic imine (C=N–C) groups is 2. The summed E-state index contributed by atoms with van der Waals surface area (Å²) < 4.78 is 5.90. The van der Waals surface area contributed by atoms with Crippen molar-refractivity contribution < 1.29 is 4.42 Å². The molecule has 3 nitrogen and oxygen atoms in total. The molecule has 0 atom stereocenters. The first-order valence-corrected chi connectivity index (χ1v) is 8.41. The summed E-state index contributed by atoms with van der Waals surface area (Å²) in [4.78, 5) is 8.32. The van der Waals surface area contributed by atoms with Crippen LogP contribution in [-0.4, -0.2) is 11.0 Å². The van der Waals surface area contributed by atoms with Crippen LogP contribution in [0.4, 0.5) is 0 Å². The van der Waals surface area contributed by atoms with Crippen LogP contribution in [-0.2, 0) is 0 Å². The predicted molar refractivity (Wildman–Crippen MR) is 103 cm³/mol. The van der Waals surface area contributed by atoms with E-state index < -0.39 is 0 Å². The molecule has 1 aromatic heterocycles. The van der Waals surface area contributed by atoms with Crippen LogP contribution in [0.15, 0.2) is 68.1 Å². The van der Waals surface area contributed by atoms with E-state index in [2.05, 4.69) is 9.98 Å². The molecule has 0 amide bonds. The monoisotopic (exact) mass is 358 g/mol. The maximum absolute atomic E-state index is 6.05. The molecule has 3 aromatic rings. The molecule has 0 unspecified atom stereocenters. The topological polar surface area (TPSA) is 37.9 Å². The van der Waals surface area contributed by atoms with Crippen molar-refractivity contribution in [1.82, 2.24) is 0 Å². The zero-order chi connectivity index (χ0) is 17.1. The Labute approximate surface area is 150 Å². The van der Waals surface area contributed by atoms with Gasteiger partial charge >= 0.3 is 0 Å². The van der Waals surface area contributed by atoms with Crippen LogP contribution in [0.1, 0.15) is 25.8 Å². The number of allylic oxidation sites excluding steroid dienone is 1. The van der Waals surface area contributed by atoms with Crippen LogP contribution in [0.2, 0.25) is 0 Å². The lowest BCUT2D eigenvalue weighted by atomic mass is 10.1. The zero-order valence-electron chi connectivity index (χ0n) is 13.4. The van der Waals surface area contributed by atoms with Crippen LogP contribution in [0, 0.1) is 0 Å². The van der Waals surface area contributed by atoms with Gasteiger partial charge in [0.25, 0.3) is 0 Å². The Hall–Kier alpha value is -2.10. The van der Waals surface area contributed by atoms with E-state index in [9.17, 15) is 0 Å². The number of hydrogen-bond donors (Lipinski definition) is 0. The van der Waals surface area contributed by atoms with Crippen LogP contribution < -0.4 is 0 Å². The van der Waals surface area contributed by atoms with E-state index in [0.717, 1.165) is 39.6 Å². The number of furan rings is 1. The number of hydrogen-bond acceptors (Lipinski definition) is 2. The molecule has 3 rings (SSSR count). The molecular formula is C19H16Cl2N2O. The van der Waals surface area contributed by atoms with E-state index in [1.54, 1.807) is 6.08 Å². The van der Waals surface area contributed by atoms with Gasteiger partial charge in [0, 0.05) is 16.5 Å². The predicted octanol–water partition coefficient (Wildman–Crippen LogP) is 6.48. The van der Waals surface area contributed by atoms with Crippen molar-refractivity contribution in [3.63, 3.8) is 0 Å². The SMILES string of the molecule is CC/C=C(Cl)/N=C(Cl)\N=C(/C)c1ccc2c(c1)oc1ccccc12. The van der Waals surface area contributed by atoms with E-state index in [4.69, 9.17) is 27.6 Å². The smallest absolute Gasteiger partial charge is 0.224 e. The van der Waals surface area contributed by atoms with Gasteiger partial charge in [0.15, 0.2) is 0 Å². The molecule has 0 N–H and O–H groups in total. The molecule has 0 saturated heterocycles. The molecule has 0 aliphatic rings. The quantitative estimate of drug-likeness (QED) is 0.300. The summed E-state index contributed by atoms with van der Waals surface area (Å²) in [5.41, 5.74) is 3.35. The van der Waals surface area contributed by atoms with E-state index in [-0.39, 0.29) is 5.29 Å². The third-order valence-corrected chi connectivity index (χ3v) is 4.04. The highest BCUT2D eigenvalue weighted by Crippen LogP contribution is 2.29. The summed E-state index contributed by atoms with van der Waals surface area (Å²) in [6.45, 7) is 3.85. The molecular weight excluding hydrogens is 343 g/mol. The Kier molecular flexibility index (Phi) is 5.03. The van der Waals surface area contributed by atoms with Gasteiger partial charge in [0.1, 0.15) is 16.3 Å². The Balaban J connectivity index is 1.98. The van der Waals surface area contributed by atoms with Gasteiger partial charge in [0.05, 0.1) is 0 Å². The molecule has 0 spiro atoms. The average Bonchev–Trinajstić information content (AvgIpc) is 2.92. The van der Waals surface area contributed by atoms with Gasteiger partial charge in [-0.25, -0.2) is 9.98 Å². The largest absolute Gasteiger partial charge is 0.456 e. The summed E-state index contributed by atoms with van der Waals surface area (Å²) in [7, 11) is 0. The molecule has 0 aliphatic heterocycles. The van der Waals surface area contributed by atoms with E-state index >= 15 is 0 Å². The fraction of sp³-hybridized carbons (Fsp3) is 0.158. The average molecular weight is 359 g/mol. The van der Waals surface area contributed by atoms with Crippen molar-refractivity contribution in [2.45, 2.75) is 20.3 Å². The van der Waals surface area contributed by atoms with Crippen molar-refractivity contribution in [1.29, 1.82) is 0 Å². The molecule has 0 aliphatic carbocycles. The highest BCUT2D eigenvalue weighted by atomic mass is 35.5. The molecule has 122 valence electrons. The summed E-state index contributed by atoms with van der Waals surface area (Å²) in [6.07, 6.45) is 2.56. The molecule has 0 saturated carbocycles. The molecule has 0 fully saturated rings. The van der Waals surface area contributed by atoms with Gasteiger partial charge in [-0.05, 0) is 54.8 Å². The molecule has 0 bridgehead atoms. The van der Waals surface area contributed by atoms with Crippen molar-refractivity contribution in [3.05, 3.63) is 59.3 Å². The molecule has 5 heteroatoms. The Morgan fingerprint density at radius 3 is 2.58 bits per heavy atom. The third-order valence-electron chi connectivity index (χ3n) is 3.63. The van der Waals surface area contributed by atoms with Crippen LogP contribution in [0.25, 0.3) is 21.9 Å². The normalized spacial score (nSPS) is 13.9. The highest BCUT2D eigenvalue weighted by molar-refractivity contribution is 6.66. The van der Waals surface area contributed by atoms with Gasteiger partial charge in [-0.3, -0.25) is 0 Å². The number of rotatable bonds is 3. The van der Waals surface area contributed by atoms with Crippen LogP contribution >= 0.6 is 23.2 Å². The van der Waals surface area contributed by atoms with E-state index in [0.29, 0.717) is 5.16 Å². The third kappa shape index (κ3) is 3.53. The van der Waals surface area contributed by atoms with Crippen LogP contribution in [0.5, 0.6) is 0 Å². The maximum atomic E-state index is 6.05. The number of halogens is 2. The first-order chi connectivity index (χ1) is 11.6. The number of nitrogens with zero attached hydrogens (tertiary/aromatic N) is 2. The lowest BCUT2D eigenvalue weighted by Crippen LogP contribution is -1.97. The maximum Gasteiger partial charge on any atom is 0.224 e. The van der Waals surface area contributed by atoms with Gasteiger partial charge in [0.2, 0.25) is 5.29 Å². The number of para-hydroxylation sites is 1. The first-order valence-electron chi connectivity index (χ1n) is 7.65. The summed E-state index contributed by atoms with van der Waals surface area (Å²) >= 11 is 12.0. The van der Waals surface area contributed by atoms with Crippen molar-refractivity contribution in [3.8, 4) is 0 Å². The number of amidine groups is 1. The standard InChI is InChI=1S/C19H16Cl2N2O/c1-3-6-18(20)23-19(21)22-12(2)13-9-10-15-14-7-4-5-8-16(14)24-17(15)11-13/h4-11H,3H2,1-2H3/b18-6+,22-12+,23-19-. The number of benzene rings is 2. The lowest BCUT2D eigenvalue weighted by Gasteiger charge is -2.00. The van der Waals surface area contributed by atoms with Crippen molar-refractivity contribution in [2.24, 2.45) is 9.98 Å². The molecule has 0 radical (unpaired) electrons. The van der Waals surface area contributed by atoms with Gasteiger partial charge in [-0.2, -0.15) is 0 Å². The summed E-state index contributed by atoms with van der Waals surface area (Å²) in [5, 5.41) is 2.62. The minimum absolute atomic E-state index is 0.104. The molecule has 1 heterocycles. The fourth-order valence-electron chi connectivity index (χ4n) is 2.48. The van der Waals surface area contributed by atoms with Gasteiger partial charge in [-0.15, -0.1) is 0 Å². The molecule has 2 aromatic carbocycles.